The molecule has 1 aliphatic heterocycles. The first kappa shape index (κ1) is 23.6. The number of aromatic nitrogens is 2. The molecule has 178 valence electrons. The first-order valence-corrected chi connectivity index (χ1v) is 12.7. The number of nitrogens with zero attached hydrogens (tertiary/aromatic N) is 3. The molecule has 5 rings (SSSR count). The molecule has 0 saturated heterocycles. The van der Waals surface area contributed by atoms with E-state index in [1.165, 1.54) is 4.68 Å². The van der Waals surface area contributed by atoms with Crippen LogP contribution >= 0.6 is 31.9 Å². The van der Waals surface area contributed by atoms with Crippen LogP contribution in [0.25, 0.3) is 10.9 Å². The van der Waals surface area contributed by atoms with E-state index in [2.05, 4.69) is 41.9 Å². The summed E-state index contributed by atoms with van der Waals surface area (Å²) in [4.78, 5) is 17.8. The molecule has 4 aromatic rings. The van der Waals surface area contributed by atoms with Crippen LogP contribution in [0.1, 0.15) is 30.3 Å². The quantitative estimate of drug-likeness (QED) is 0.242. The number of benzene rings is 3. The van der Waals surface area contributed by atoms with Crippen LogP contribution in [-0.2, 0) is 13.0 Å². The highest BCUT2D eigenvalue weighted by Gasteiger charge is 2.14. The zero-order valence-corrected chi connectivity index (χ0v) is 22.0. The molecule has 0 aliphatic carbocycles. The fraction of sp³-hybridized carbons (Fsp3) is 0.192. The summed E-state index contributed by atoms with van der Waals surface area (Å²) in [5.74, 6) is 2.80. The summed E-state index contributed by atoms with van der Waals surface area (Å²) in [6, 6.07) is 16.9. The molecule has 0 unspecified atom stereocenters. The van der Waals surface area contributed by atoms with Crippen molar-refractivity contribution in [3.8, 4) is 17.2 Å². The molecule has 0 amide bonds. The third-order valence-electron chi connectivity index (χ3n) is 5.46. The number of halogens is 2. The molecule has 2 heterocycles. The van der Waals surface area contributed by atoms with Gasteiger partial charge >= 0.3 is 0 Å². The van der Waals surface area contributed by atoms with Crippen molar-refractivity contribution in [1.29, 1.82) is 0 Å². The number of hydrogen-bond donors (Lipinski definition) is 0. The minimum absolute atomic E-state index is 0.196. The van der Waals surface area contributed by atoms with Gasteiger partial charge in [-0.1, -0.05) is 28.9 Å². The zero-order chi connectivity index (χ0) is 24.4. The molecule has 3 aromatic carbocycles. The van der Waals surface area contributed by atoms with Gasteiger partial charge in [-0.2, -0.15) is 9.78 Å². The average Bonchev–Trinajstić information content (AvgIpc) is 3.32. The van der Waals surface area contributed by atoms with E-state index in [0.717, 1.165) is 38.0 Å². The van der Waals surface area contributed by atoms with Crippen molar-refractivity contribution in [3.63, 3.8) is 0 Å². The van der Waals surface area contributed by atoms with Crippen molar-refractivity contribution in [1.82, 2.24) is 9.66 Å². The van der Waals surface area contributed by atoms with E-state index in [1.807, 2.05) is 55.5 Å². The lowest BCUT2D eigenvalue weighted by Crippen LogP contribution is -2.22. The minimum Gasteiger partial charge on any atom is -0.488 e. The van der Waals surface area contributed by atoms with Gasteiger partial charge in [-0.25, -0.2) is 4.98 Å². The summed E-state index contributed by atoms with van der Waals surface area (Å²) in [7, 11) is 0. The first-order chi connectivity index (χ1) is 17.0. The Balaban J connectivity index is 1.36. The standard InChI is InChI=1S/C26H21Br2N3O4/c1-2-3-25-30-21-7-6-18(27)12-19(21)26(32)31(25)29-13-16-4-8-22(20(28)10-16)33-14-17-5-9-23-24(11-17)35-15-34-23/h4-13H,2-3,14-15H2,1H3. The Hall–Kier alpha value is -3.17. The van der Waals surface area contributed by atoms with Crippen LogP contribution in [0.4, 0.5) is 0 Å². The van der Waals surface area contributed by atoms with E-state index in [0.29, 0.717) is 35.5 Å². The van der Waals surface area contributed by atoms with Crippen LogP contribution < -0.4 is 19.8 Å². The van der Waals surface area contributed by atoms with Crippen molar-refractivity contribution < 1.29 is 14.2 Å². The molecule has 1 aromatic heterocycles. The lowest BCUT2D eigenvalue weighted by Gasteiger charge is -2.10. The lowest BCUT2D eigenvalue weighted by atomic mass is 10.2. The average molecular weight is 599 g/mol. The summed E-state index contributed by atoms with van der Waals surface area (Å²) in [5, 5.41) is 5.00. The second-order valence-electron chi connectivity index (χ2n) is 7.97. The van der Waals surface area contributed by atoms with Crippen molar-refractivity contribution in [2.45, 2.75) is 26.4 Å². The van der Waals surface area contributed by atoms with E-state index >= 15 is 0 Å². The van der Waals surface area contributed by atoms with E-state index in [4.69, 9.17) is 14.2 Å². The summed E-state index contributed by atoms with van der Waals surface area (Å²) in [5.41, 5.74) is 2.26. The van der Waals surface area contributed by atoms with Crippen LogP contribution in [0, 0.1) is 0 Å². The van der Waals surface area contributed by atoms with Crippen LogP contribution in [-0.4, -0.2) is 22.7 Å². The number of hydrogen-bond acceptors (Lipinski definition) is 6. The second-order valence-corrected chi connectivity index (χ2v) is 9.74. The summed E-state index contributed by atoms with van der Waals surface area (Å²) < 4.78 is 19.7. The number of ether oxygens (including phenoxy) is 3. The van der Waals surface area contributed by atoms with Crippen molar-refractivity contribution in [2.24, 2.45) is 5.10 Å². The molecular weight excluding hydrogens is 578 g/mol. The zero-order valence-electron chi connectivity index (χ0n) is 18.8. The maximum Gasteiger partial charge on any atom is 0.282 e. The second kappa shape index (κ2) is 10.2. The van der Waals surface area contributed by atoms with Crippen molar-refractivity contribution in [3.05, 3.63) is 90.8 Å². The van der Waals surface area contributed by atoms with Gasteiger partial charge in [0.1, 0.15) is 18.2 Å². The Bertz CT molecular complexity index is 1500. The molecule has 0 radical (unpaired) electrons. The maximum absolute atomic E-state index is 13.2. The first-order valence-electron chi connectivity index (χ1n) is 11.1. The third kappa shape index (κ3) is 5.11. The fourth-order valence-electron chi connectivity index (χ4n) is 3.73. The Morgan fingerprint density at radius 3 is 2.77 bits per heavy atom. The van der Waals surface area contributed by atoms with Crippen LogP contribution in [0.3, 0.4) is 0 Å². The Kier molecular flexibility index (Phi) is 6.88. The summed E-state index contributed by atoms with van der Waals surface area (Å²) >= 11 is 7.00. The highest BCUT2D eigenvalue weighted by Crippen LogP contribution is 2.33. The number of aryl methyl sites for hydroxylation is 1. The molecule has 0 saturated carbocycles. The maximum atomic E-state index is 13.2. The highest BCUT2D eigenvalue weighted by atomic mass is 79.9. The minimum atomic E-state index is -0.196. The van der Waals surface area contributed by atoms with Gasteiger partial charge in [0, 0.05) is 10.9 Å². The Morgan fingerprint density at radius 2 is 1.94 bits per heavy atom. The molecule has 35 heavy (non-hydrogen) atoms. The van der Waals surface area contributed by atoms with Crippen molar-refractivity contribution in [2.75, 3.05) is 6.79 Å². The van der Waals surface area contributed by atoms with Gasteiger partial charge in [-0.05, 0) is 82.0 Å². The predicted molar refractivity (Wildman–Crippen MR) is 142 cm³/mol. The summed E-state index contributed by atoms with van der Waals surface area (Å²) in [6.45, 7) is 2.68. The number of rotatable bonds is 7. The normalized spacial score (nSPS) is 12.5. The van der Waals surface area contributed by atoms with Crippen LogP contribution in [0.2, 0.25) is 0 Å². The molecule has 0 spiro atoms. The highest BCUT2D eigenvalue weighted by molar-refractivity contribution is 9.10. The lowest BCUT2D eigenvalue weighted by molar-refractivity contribution is 0.174. The van der Waals surface area contributed by atoms with Gasteiger partial charge in [0.15, 0.2) is 11.5 Å². The van der Waals surface area contributed by atoms with E-state index < -0.39 is 0 Å². The largest absolute Gasteiger partial charge is 0.488 e. The molecule has 0 bridgehead atoms. The van der Waals surface area contributed by atoms with Gasteiger partial charge in [-0.15, -0.1) is 0 Å². The Labute approximate surface area is 218 Å². The van der Waals surface area contributed by atoms with Gasteiger partial charge in [0.05, 0.1) is 21.6 Å². The molecule has 9 heteroatoms. The predicted octanol–water partition coefficient (Wildman–Crippen LogP) is 6.06. The molecule has 7 nitrogen and oxygen atoms in total. The van der Waals surface area contributed by atoms with E-state index in [1.54, 1.807) is 12.3 Å². The van der Waals surface area contributed by atoms with Gasteiger partial charge in [0.25, 0.3) is 5.56 Å². The molecule has 0 atom stereocenters. The van der Waals surface area contributed by atoms with Crippen LogP contribution in [0.5, 0.6) is 17.2 Å². The molecule has 0 N–H and O–H groups in total. The third-order valence-corrected chi connectivity index (χ3v) is 6.57. The SMILES string of the molecule is CCCc1nc2ccc(Br)cc2c(=O)n1N=Cc1ccc(OCc2ccc3c(c2)OCO3)c(Br)c1. The van der Waals surface area contributed by atoms with Crippen molar-refractivity contribution >= 4 is 49.0 Å². The smallest absolute Gasteiger partial charge is 0.282 e. The monoisotopic (exact) mass is 597 g/mol. The fourth-order valence-corrected chi connectivity index (χ4v) is 4.60. The molecular formula is C26H21Br2N3O4. The van der Waals surface area contributed by atoms with Crippen LogP contribution in [0.15, 0.2) is 73.4 Å². The van der Waals surface area contributed by atoms with E-state index in [-0.39, 0.29) is 12.4 Å². The van der Waals surface area contributed by atoms with Gasteiger partial charge in [0.2, 0.25) is 6.79 Å². The number of fused-ring (bicyclic) bond motifs is 2. The summed E-state index contributed by atoms with van der Waals surface area (Å²) in [6.07, 6.45) is 3.15. The van der Waals surface area contributed by atoms with Gasteiger partial charge < -0.3 is 14.2 Å². The Morgan fingerprint density at radius 1 is 1.09 bits per heavy atom. The molecule has 0 fully saturated rings. The van der Waals surface area contributed by atoms with E-state index in [9.17, 15) is 4.79 Å². The topological polar surface area (TPSA) is 74.9 Å². The molecule has 1 aliphatic rings. The van der Waals surface area contributed by atoms with Gasteiger partial charge in [-0.3, -0.25) is 4.79 Å².